The van der Waals surface area contributed by atoms with Gasteiger partial charge in [-0.05, 0) is 48.6 Å². The van der Waals surface area contributed by atoms with Crippen molar-refractivity contribution in [2.45, 2.75) is 0 Å². The van der Waals surface area contributed by atoms with Crippen molar-refractivity contribution in [3.05, 3.63) is 48.6 Å². The number of amidine groups is 8. The van der Waals surface area contributed by atoms with Gasteiger partial charge >= 0.3 is 0 Å². The second kappa shape index (κ2) is 6.03. The molecule has 0 unspecified atom stereocenters. The zero-order valence-corrected chi connectivity index (χ0v) is 13.5. The number of fused-ring (bicyclic) bond motifs is 4. The average Bonchev–Trinajstić information content (AvgIpc) is 3.32. The van der Waals surface area contributed by atoms with E-state index in [-0.39, 0.29) is 16.5 Å². The molecule has 5 heterocycles. The van der Waals surface area contributed by atoms with Gasteiger partial charge in [-0.25, -0.2) is 39.9 Å². The minimum absolute atomic E-state index is 0. The van der Waals surface area contributed by atoms with Crippen molar-refractivity contribution in [3.8, 4) is 0 Å². The van der Waals surface area contributed by atoms with Crippen LogP contribution in [0.15, 0.2) is 88.5 Å². The first-order chi connectivity index (χ1) is 11.8. The first-order valence-electron chi connectivity index (χ1n) is 7.22. The maximum atomic E-state index is 4.37. The Morgan fingerprint density at radius 2 is 0.400 bits per heavy atom. The topological polar surface area (TPSA) is 98.9 Å². The van der Waals surface area contributed by atoms with E-state index in [9.17, 15) is 0 Å². The zero-order chi connectivity index (χ0) is 15.9. The molecule has 0 aromatic rings. The van der Waals surface area contributed by atoms with Gasteiger partial charge in [0.05, 0.1) is 0 Å². The van der Waals surface area contributed by atoms with Crippen LogP contribution in [0.1, 0.15) is 0 Å². The zero-order valence-electron chi connectivity index (χ0n) is 12.5. The SMILES string of the molecule is C1=C/C2=N/C3=NC(=N\C4=NC(=N\C5=NC(=N\C1=N2)/C=C5)/C=C4)/C=C3.[Ni]. The van der Waals surface area contributed by atoms with Crippen LogP contribution in [0.3, 0.4) is 0 Å². The fraction of sp³-hybridized carbons (Fsp3) is 0. The molecule has 0 aromatic carbocycles. The third-order valence-corrected chi connectivity index (χ3v) is 3.36. The van der Waals surface area contributed by atoms with Crippen LogP contribution in [0.25, 0.3) is 0 Å². The van der Waals surface area contributed by atoms with Crippen LogP contribution in [0, 0.1) is 0 Å². The molecular formula is C16H8N8Ni. The van der Waals surface area contributed by atoms with E-state index >= 15 is 0 Å². The van der Waals surface area contributed by atoms with Crippen molar-refractivity contribution >= 4 is 46.7 Å². The molecule has 0 amide bonds. The van der Waals surface area contributed by atoms with E-state index in [4.69, 9.17) is 0 Å². The van der Waals surface area contributed by atoms with Gasteiger partial charge in [0, 0.05) is 16.5 Å². The minimum atomic E-state index is 0. The molecule has 5 rings (SSSR count). The van der Waals surface area contributed by atoms with Gasteiger partial charge in [0.1, 0.15) is 0 Å². The summed E-state index contributed by atoms with van der Waals surface area (Å²) in [5.41, 5.74) is 0. The molecule has 0 aromatic heterocycles. The Kier molecular flexibility index (Phi) is 3.70. The molecule has 0 saturated heterocycles. The predicted octanol–water partition coefficient (Wildman–Crippen LogP) is 1.46. The van der Waals surface area contributed by atoms with Crippen molar-refractivity contribution in [1.82, 2.24) is 0 Å². The Balaban J connectivity index is 0.00000157. The minimum Gasteiger partial charge on any atom is -0.209 e. The average molecular weight is 371 g/mol. The number of hydrogen-bond acceptors (Lipinski definition) is 8. The summed E-state index contributed by atoms with van der Waals surface area (Å²) >= 11 is 0. The van der Waals surface area contributed by atoms with Crippen LogP contribution < -0.4 is 0 Å². The van der Waals surface area contributed by atoms with Gasteiger partial charge in [-0.15, -0.1) is 0 Å². The quantitative estimate of drug-likeness (QED) is 0.577. The Labute approximate surface area is 152 Å². The van der Waals surface area contributed by atoms with E-state index in [0.717, 1.165) is 0 Å². The molecule has 9 heteroatoms. The van der Waals surface area contributed by atoms with Gasteiger partial charge in [-0.2, -0.15) is 0 Å². The summed E-state index contributed by atoms with van der Waals surface area (Å²) in [4.78, 5) is 34.8. The van der Waals surface area contributed by atoms with E-state index in [1.807, 2.05) is 0 Å². The second-order valence-electron chi connectivity index (χ2n) is 5.09. The molecule has 0 N–H and O–H groups in total. The summed E-state index contributed by atoms with van der Waals surface area (Å²) in [6.07, 6.45) is 14.2. The van der Waals surface area contributed by atoms with Gasteiger partial charge in [-0.1, -0.05) is 0 Å². The van der Waals surface area contributed by atoms with E-state index in [2.05, 4.69) is 39.9 Å². The summed E-state index contributed by atoms with van der Waals surface area (Å²) < 4.78 is 0. The molecule has 0 fully saturated rings. The van der Waals surface area contributed by atoms with Crippen molar-refractivity contribution in [2.24, 2.45) is 39.9 Å². The van der Waals surface area contributed by atoms with Crippen LogP contribution >= 0.6 is 0 Å². The molecule has 5 aliphatic heterocycles. The maximum absolute atomic E-state index is 4.37. The summed E-state index contributed by atoms with van der Waals surface area (Å²) in [5.74, 6) is 4.30. The monoisotopic (exact) mass is 370 g/mol. The molecule has 0 aliphatic carbocycles. The molecule has 5 aliphatic rings. The second-order valence-corrected chi connectivity index (χ2v) is 5.09. The normalized spacial score (nSPS) is 30.1. The number of aliphatic imine (C=N–C) groups is 8. The first kappa shape index (κ1) is 15.3. The smallest absolute Gasteiger partial charge is 0.156 e. The Morgan fingerprint density at radius 3 is 0.520 bits per heavy atom. The molecule has 0 atom stereocenters. The first-order valence-corrected chi connectivity index (χ1v) is 7.22. The number of nitrogens with zero attached hydrogens (tertiary/aromatic N) is 8. The van der Waals surface area contributed by atoms with Crippen LogP contribution in [0.4, 0.5) is 0 Å². The predicted molar refractivity (Wildman–Crippen MR) is 96.0 cm³/mol. The van der Waals surface area contributed by atoms with Gasteiger partial charge in [0.25, 0.3) is 0 Å². The molecule has 0 spiro atoms. The molecule has 0 saturated carbocycles. The maximum Gasteiger partial charge on any atom is 0.156 e. The van der Waals surface area contributed by atoms with Crippen molar-refractivity contribution in [2.75, 3.05) is 0 Å². The van der Waals surface area contributed by atoms with Gasteiger partial charge in [0.2, 0.25) is 0 Å². The fourth-order valence-electron chi connectivity index (χ4n) is 2.33. The third-order valence-electron chi connectivity index (χ3n) is 3.36. The van der Waals surface area contributed by atoms with Crippen LogP contribution in [-0.4, -0.2) is 46.7 Å². The summed E-state index contributed by atoms with van der Waals surface area (Å²) in [7, 11) is 0. The summed E-state index contributed by atoms with van der Waals surface area (Å²) in [5, 5.41) is 0. The van der Waals surface area contributed by atoms with E-state index in [1.54, 1.807) is 48.6 Å². The van der Waals surface area contributed by atoms with Gasteiger partial charge in [-0.3, -0.25) is 0 Å². The summed E-state index contributed by atoms with van der Waals surface area (Å²) in [6.45, 7) is 0. The van der Waals surface area contributed by atoms with Crippen LogP contribution in [0.2, 0.25) is 0 Å². The molecule has 25 heavy (non-hydrogen) atoms. The summed E-state index contributed by atoms with van der Waals surface area (Å²) in [6, 6.07) is 0. The standard InChI is InChI=1S/C16H8N8.Ni/c1-2-10-17-9(1)21-11-3-4-13(18-11)23-15-7-8-16(20-15)24-14-6-5-12(19-14)22-10;/h1-8H;/b21-9-,21-11?,22-10?,22-12-,23-13-,23-15?,24-14?,24-16-;. The van der Waals surface area contributed by atoms with E-state index in [1.165, 1.54) is 0 Å². The molecule has 8 bridgehead atoms. The van der Waals surface area contributed by atoms with Crippen molar-refractivity contribution < 1.29 is 16.5 Å². The van der Waals surface area contributed by atoms with Crippen LogP contribution in [-0.2, 0) is 16.5 Å². The molecule has 8 nitrogen and oxygen atoms in total. The Bertz CT molecular complexity index is 854. The van der Waals surface area contributed by atoms with Crippen molar-refractivity contribution in [3.63, 3.8) is 0 Å². The van der Waals surface area contributed by atoms with Crippen LogP contribution in [0.5, 0.6) is 0 Å². The molecular weight excluding hydrogens is 363 g/mol. The number of hydrogen-bond donors (Lipinski definition) is 0. The largest absolute Gasteiger partial charge is 0.209 e. The molecule has 0 radical (unpaired) electrons. The van der Waals surface area contributed by atoms with Crippen molar-refractivity contribution in [1.29, 1.82) is 0 Å². The van der Waals surface area contributed by atoms with Gasteiger partial charge < -0.3 is 0 Å². The fourth-order valence-corrected chi connectivity index (χ4v) is 2.33. The number of rotatable bonds is 0. The van der Waals surface area contributed by atoms with E-state index < -0.39 is 0 Å². The van der Waals surface area contributed by atoms with Gasteiger partial charge in [0.15, 0.2) is 46.7 Å². The Morgan fingerprint density at radius 1 is 0.280 bits per heavy atom. The van der Waals surface area contributed by atoms with E-state index in [0.29, 0.717) is 46.7 Å². The molecule has 122 valence electrons. The Hall–Kier alpha value is -3.19. The third kappa shape index (κ3) is 3.09.